The van der Waals surface area contributed by atoms with Gasteiger partial charge in [0.2, 0.25) is 10.0 Å². The zero-order valence-electron chi connectivity index (χ0n) is 10.8. The van der Waals surface area contributed by atoms with Crippen LogP contribution in [0, 0.1) is 12.8 Å². The summed E-state index contributed by atoms with van der Waals surface area (Å²) in [7, 11) is -7.92. The normalized spacial score (nSPS) is 14.2. The topological polar surface area (TPSA) is 101 Å². The number of sulfonamides is 1. The molecule has 0 radical (unpaired) electrons. The van der Waals surface area contributed by atoms with E-state index in [1.165, 1.54) is 12.1 Å². The largest absolute Gasteiger partial charge is 0.286 e. The van der Waals surface area contributed by atoms with Crippen LogP contribution in [0.2, 0.25) is 0 Å². The molecule has 1 atom stereocenters. The van der Waals surface area contributed by atoms with Gasteiger partial charge in [-0.3, -0.25) is 4.55 Å². The molecule has 2 N–H and O–H groups in total. The number of rotatable bonds is 7. The van der Waals surface area contributed by atoms with Crippen molar-refractivity contribution >= 4 is 31.7 Å². The standard InChI is InChI=1S/C11H16ClNO5S2/c1-9-2-4-11(5-3-9)20(17,18)13-7-10(6-12)8-19(14,15)16/h2-5,10,13H,6-8H2,1H3,(H,14,15,16)/t10-/m1/s1. The van der Waals surface area contributed by atoms with Crippen molar-refractivity contribution in [1.29, 1.82) is 0 Å². The fourth-order valence-electron chi connectivity index (χ4n) is 1.48. The molecule has 1 rings (SSSR count). The Hall–Kier alpha value is -0.670. The second-order valence-electron chi connectivity index (χ2n) is 4.43. The SMILES string of the molecule is Cc1ccc(S(=O)(=O)NC[C@@H](CCl)CS(=O)(=O)O)cc1. The van der Waals surface area contributed by atoms with Gasteiger partial charge < -0.3 is 0 Å². The van der Waals surface area contributed by atoms with Crippen LogP contribution in [0.4, 0.5) is 0 Å². The van der Waals surface area contributed by atoms with Gasteiger partial charge in [0.05, 0.1) is 10.6 Å². The van der Waals surface area contributed by atoms with Crippen LogP contribution in [0.5, 0.6) is 0 Å². The predicted molar refractivity (Wildman–Crippen MR) is 77.0 cm³/mol. The molecule has 20 heavy (non-hydrogen) atoms. The van der Waals surface area contributed by atoms with E-state index in [4.69, 9.17) is 16.2 Å². The molecular weight excluding hydrogens is 326 g/mol. The summed E-state index contributed by atoms with van der Waals surface area (Å²) in [5, 5.41) is 0. The summed E-state index contributed by atoms with van der Waals surface area (Å²) in [6.07, 6.45) is 0. The van der Waals surface area contributed by atoms with Crippen LogP contribution < -0.4 is 4.72 Å². The van der Waals surface area contributed by atoms with Crippen LogP contribution in [-0.2, 0) is 20.1 Å². The van der Waals surface area contributed by atoms with Crippen molar-refractivity contribution in [3.8, 4) is 0 Å². The minimum Gasteiger partial charge on any atom is -0.286 e. The third-order valence-electron chi connectivity index (χ3n) is 2.56. The monoisotopic (exact) mass is 341 g/mol. The van der Waals surface area contributed by atoms with Gasteiger partial charge in [-0.15, -0.1) is 11.6 Å². The van der Waals surface area contributed by atoms with E-state index in [0.29, 0.717) is 0 Å². The number of hydrogen-bond acceptors (Lipinski definition) is 4. The number of benzene rings is 1. The van der Waals surface area contributed by atoms with Crippen molar-refractivity contribution in [2.24, 2.45) is 5.92 Å². The van der Waals surface area contributed by atoms with Gasteiger partial charge >= 0.3 is 0 Å². The van der Waals surface area contributed by atoms with E-state index < -0.39 is 31.8 Å². The lowest BCUT2D eigenvalue weighted by atomic mass is 10.2. The maximum atomic E-state index is 12.0. The minimum absolute atomic E-state index is 0.0864. The lowest BCUT2D eigenvalue weighted by Crippen LogP contribution is -2.33. The maximum Gasteiger partial charge on any atom is 0.265 e. The van der Waals surface area contributed by atoms with E-state index in [0.717, 1.165) is 5.56 Å². The molecule has 1 aromatic carbocycles. The molecular formula is C11H16ClNO5S2. The smallest absolute Gasteiger partial charge is 0.265 e. The van der Waals surface area contributed by atoms with Crippen LogP contribution in [0.3, 0.4) is 0 Å². The maximum absolute atomic E-state index is 12.0. The molecule has 0 saturated carbocycles. The second kappa shape index (κ2) is 6.86. The Kier molecular flexibility index (Phi) is 5.96. The Balaban J connectivity index is 2.74. The first kappa shape index (κ1) is 17.4. The summed E-state index contributed by atoms with van der Waals surface area (Å²) in [5.41, 5.74) is 0.925. The van der Waals surface area contributed by atoms with Gasteiger partial charge in [0.15, 0.2) is 0 Å². The number of nitrogens with one attached hydrogen (secondary N) is 1. The summed E-state index contributed by atoms with van der Waals surface area (Å²) in [5.74, 6) is -1.38. The van der Waals surface area contributed by atoms with E-state index in [1.807, 2.05) is 6.92 Å². The zero-order chi connectivity index (χ0) is 15.4. The van der Waals surface area contributed by atoms with Crippen molar-refractivity contribution in [2.45, 2.75) is 11.8 Å². The highest BCUT2D eigenvalue weighted by Gasteiger charge is 2.20. The fourth-order valence-corrected chi connectivity index (χ4v) is 3.78. The van der Waals surface area contributed by atoms with Crippen molar-refractivity contribution in [3.63, 3.8) is 0 Å². The second-order valence-corrected chi connectivity index (χ2v) is 8.01. The van der Waals surface area contributed by atoms with E-state index in [2.05, 4.69) is 4.72 Å². The molecule has 0 aromatic heterocycles. The summed E-state index contributed by atoms with van der Waals surface area (Å²) in [6.45, 7) is 1.67. The molecule has 0 spiro atoms. The van der Waals surface area contributed by atoms with Crippen LogP contribution in [0.1, 0.15) is 5.56 Å². The van der Waals surface area contributed by atoms with Gasteiger partial charge in [0.25, 0.3) is 10.1 Å². The van der Waals surface area contributed by atoms with E-state index in [9.17, 15) is 16.8 Å². The summed E-state index contributed by atoms with van der Waals surface area (Å²) in [4.78, 5) is 0.0864. The van der Waals surface area contributed by atoms with Gasteiger partial charge in [-0.2, -0.15) is 8.42 Å². The van der Waals surface area contributed by atoms with Gasteiger partial charge in [0.1, 0.15) is 0 Å². The molecule has 114 valence electrons. The fraction of sp³-hybridized carbons (Fsp3) is 0.455. The van der Waals surface area contributed by atoms with Crippen molar-refractivity contribution < 1.29 is 21.4 Å². The number of hydrogen-bond donors (Lipinski definition) is 2. The molecule has 0 bridgehead atoms. The van der Waals surface area contributed by atoms with E-state index in [1.54, 1.807) is 12.1 Å². The van der Waals surface area contributed by atoms with E-state index in [-0.39, 0.29) is 17.3 Å². The van der Waals surface area contributed by atoms with Crippen molar-refractivity contribution in [1.82, 2.24) is 4.72 Å². The summed E-state index contributed by atoms with van der Waals surface area (Å²) >= 11 is 5.56. The molecule has 0 aliphatic rings. The molecule has 0 heterocycles. The third kappa shape index (κ3) is 5.76. The highest BCUT2D eigenvalue weighted by Crippen LogP contribution is 2.11. The lowest BCUT2D eigenvalue weighted by Gasteiger charge is -2.13. The quantitative estimate of drug-likeness (QED) is 0.569. The molecule has 9 heteroatoms. The Morgan fingerprint density at radius 2 is 1.75 bits per heavy atom. The molecule has 0 unspecified atom stereocenters. The van der Waals surface area contributed by atoms with E-state index >= 15 is 0 Å². The number of alkyl halides is 1. The zero-order valence-corrected chi connectivity index (χ0v) is 13.2. The molecule has 0 aliphatic carbocycles. The minimum atomic E-state index is -4.19. The summed E-state index contributed by atoms with van der Waals surface area (Å²) in [6, 6.07) is 6.23. The molecule has 0 amide bonds. The van der Waals surface area contributed by atoms with Gasteiger partial charge in [0, 0.05) is 18.3 Å². The average molecular weight is 342 g/mol. The Morgan fingerprint density at radius 1 is 1.20 bits per heavy atom. The number of halogens is 1. The highest BCUT2D eigenvalue weighted by molar-refractivity contribution is 7.89. The van der Waals surface area contributed by atoms with Gasteiger partial charge in [-0.1, -0.05) is 17.7 Å². The van der Waals surface area contributed by atoms with Crippen LogP contribution >= 0.6 is 11.6 Å². The molecule has 0 fully saturated rings. The average Bonchev–Trinajstić information content (AvgIpc) is 2.33. The summed E-state index contributed by atoms with van der Waals surface area (Å²) < 4.78 is 56.4. The first-order valence-corrected chi connectivity index (χ1v) is 9.34. The molecule has 0 aliphatic heterocycles. The first-order chi connectivity index (χ1) is 9.14. The number of aryl methyl sites for hydroxylation is 1. The highest BCUT2D eigenvalue weighted by atomic mass is 35.5. The predicted octanol–water partition coefficient (Wildman–Crippen LogP) is 1.02. The molecule has 6 nitrogen and oxygen atoms in total. The van der Waals surface area contributed by atoms with Gasteiger partial charge in [-0.25, -0.2) is 13.1 Å². The Morgan fingerprint density at radius 3 is 2.20 bits per heavy atom. The Labute approximate surface area is 123 Å². The first-order valence-electron chi connectivity index (χ1n) is 5.71. The molecule has 0 saturated heterocycles. The van der Waals surface area contributed by atoms with Crippen molar-refractivity contribution in [3.05, 3.63) is 29.8 Å². The van der Waals surface area contributed by atoms with Gasteiger partial charge in [-0.05, 0) is 19.1 Å². The van der Waals surface area contributed by atoms with Crippen LogP contribution in [-0.4, -0.2) is 39.6 Å². The van der Waals surface area contributed by atoms with Crippen molar-refractivity contribution in [2.75, 3.05) is 18.2 Å². The lowest BCUT2D eigenvalue weighted by molar-refractivity contribution is 0.467. The molecule has 1 aromatic rings. The Bertz CT molecular complexity index is 640. The third-order valence-corrected chi connectivity index (χ3v) is 5.33. The van der Waals surface area contributed by atoms with Crippen LogP contribution in [0.15, 0.2) is 29.2 Å². The van der Waals surface area contributed by atoms with Crippen LogP contribution in [0.25, 0.3) is 0 Å².